The van der Waals surface area contributed by atoms with Crippen LogP contribution < -0.4 is 0 Å². The van der Waals surface area contributed by atoms with Crippen molar-refractivity contribution < 1.29 is 4.79 Å². The molecule has 1 nitrogen and oxygen atoms in total. The Kier molecular flexibility index (Phi) is 4.01. The first-order valence-corrected chi connectivity index (χ1v) is 3.76. The number of rotatable bonds is 3. The Hall–Kier alpha value is -0.590. The maximum absolute atomic E-state index is 10.9. The van der Waals surface area contributed by atoms with Crippen molar-refractivity contribution in [1.82, 2.24) is 0 Å². The molecule has 0 spiro atoms. The van der Waals surface area contributed by atoms with Crippen LogP contribution in [0.5, 0.6) is 0 Å². The van der Waals surface area contributed by atoms with E-state index in [1.165, 1.54) is 5.57 Å². The predicted molar refractivity (Wildman–Crippen MR) is 43.9 cm³/mol. The van der Waals surface area contributed by atoms with Crippen molar-refractivity contribution in [2.75, 3.05) is 0 Å². The fraction of sp³-hybridized carbons (Fsp3) is 0.667. The van der Waals surface area contributed by atoms with Crippen LogP contribution >= 0.6 is 0 Å². The number of hydrogen-bond acceptors (Lipinski definition) is 1. The van der Waals surface area contributed by atoms with E-state index in [9.17, 15) is 4.79 Å². The van der Waals surface area contributed by atoms with Crippen molar-refractivity contribution in [3.05, 3.63) is 11.6 Å². The minimum atomic E-state index is 0.157. The first-order chi connectivity index (χ1) is 4.63. The summed E-state index contributed by atoms with van der Waals surface area (Å²) >= 11 is 0. The number of allylic oxidation sites excluding steroid dienone is 2. The molecular formula is C9H16O. The van der Waals surface area contributed by atoms with Gasteiger partial charge in [-0.1, -0.05) is 18.6 Å². The molecule has 58 valence electrons. The maximum atomic E-state index is 10.9. The standard InChI is InChI=1S/C9H16O/c1-5-7(3)9(6-2)8(4)10/h5,9H,6H2,1-4H3/b7-5+. The average molecular weight is 140 g/mol. The maximum Gasteiger partial charge on any atom is 0.136 e. The topological polar surface area (TPSA) is 17.1 Å². The summed E-state index contributed by atoms with van der Waals surface area (Å²) in [5.74, 6) is 0.433. The molecule has 0 fully saturated rings. The monoisotopic (exact) mass is 140 g/mol. The molecule has 10 heavy (non-hydrogen) atoms. The third-order valence-corrected chi connectivity index (χ3v) is 1.90. The van der Waals surface area contributed by atoms with Gasteiger partial charge in [-0.25, -0.2) is 0 Å². The van der Waals surface area contributed by atoms with Crippen LogP contribution in [-0.4, -0.2) is 5.78 Å². The zero-order valence-electron chi connectivity index (χ0n) is 7.27. The highest BCUT2D eigenvalue weighted by molar-refractivity contribution is 5.80. The Morgan fingerprint density at radius 1 is 1.50 bits per heavy atom. The van der Waals surface area contributed by atoms with Crippen LogP contribution in [0.3, 0.4) is 0 Å². The van der Waals surface area contributed by atoms with E-state index in [0.29, 0.717) is 0 Å². The highest BCUT2D eigenvalue weighted by Gasteiger charge is 2.11. The lowest BCUT2D eigenvalue weighted by molar-refractivity contribution is -0.119. The molecule has 0 aromatic carbocycles. The molecule has 0 radical (unpaired) electrons. The van der Waals surface area contributed by atoms with Gasteiger partial charge in [-0.3, -0.25) is 4.79 Å². The van der Waals surface area contributed by atoms with Gasteiger partial charge in [0.2, 0.25) is 0 Å². The van der Waals surface area contributed by atoms with Gasteiger partial charge in [-0.15, -0.1) is 0 Å². The predicted octanol–water partition coefficient (Wildman–Crippen LogP) is 2.57. The van der Waals surface area contributed by atoms with E-state index in [0.717, 1.165) is 6.42 Å². The highest BCUT2D eigenvalue weighted by atomic mass is 16.1. The van der Waals surface area contributed by atoms with Gasteiger partial charge in [0.25, 0.3) is 0 Å². The zero-order valence-corrected chi connectivity index (χ0v) is 7.27. The van der Waals surface area contributed by atoms with E-state index < -0.39 is 0 Å². The van der Waals surface area contributed by atoms with Crippen LogP contribution in [0.25, 0.3) is 0 Å². The van der Waals surface area contributed by atoms with Gasteiger partial charge < -0.3 is 0 Å². The lowest BCUT2D eigenvalue weighted by Crippen LogP contribution is -2.10. The van der Waals surface area contributed by atoms with Gasteiger partial charge >= 0.3 is 0 Å². The molecule has 0 aromatic rings. The smallest absolute Gasteiger partial charge is 0.136 e. The Morgan fingerprint density at radius 2 is 2.00 bits per heavy atom. The van der Waals surface area contributed by atoms with Gasteiger partial charge in [-0.05, 0) is 27.2 Å². The second kappa shape index (κ2) is 4.26. The summed E-state index contributed by atoms with van der Waals surface area (Å²) in [5.41, 5.74) is 1.19. The Balaban J connectivity index is 4.21. The molecule has 0 aromatic heterocycles. The van der Waals surface area contributed by atoms with E-state index in [4.69, 9.17) is 0 Å². The van der Waals surface area contributed by atoms with E-state index in [1.807, 2.05) is 26.8 Å². The fourth-order valence-corrected chi connectivity index (χ4v) is 1.13. The second-order valence-corrected chi connectivity index (χ2v) is 2.60. The van der Waals surface area contributed by atoms with Crippen molar-refractivity contribution in [3.63, 3.8) is 0 Å². The molecule has 0 aliphatic heterocycles. The average Bonchev–Trinajstić information content (AvgIpc) is 1.88. The molecule has 0 heterocycles. The molecule has 0 rings (SSSR count). The molecule has 0 bridgehead atoms. The third-order valence-electron chi connectivity index (χ3n) is 1.90. The van der Waals surface area contributed by atoms with E-state index in [-0.39, 0.29) is 11.7 Å². The van der Waals surface area contributed by atoms with Gasteiger partial charge in [0.1, 0.15) is 5.78 Å². The van der Waals surface area contributed by atoms with Crippen LogP contribution in [0.4, 0.5) is 0 Å². The first kappa shape index (κ1) is 9.41. The summed E-state index contributed by atoms with van der Waals surface area (Å²) in [6.07, 6.45) is 2.93. The lowest BCUT2D eigenvalue weighted by atomic mass is 9.94. The number of hydrogen-bond donors (Lipinski definition) is 0. The van der Waals surface area contributed by atoms with Gasteiger partial charge in [-0.2, -0.15) is 0 Å². The largest absolute Gasteiger partial charge is 0.299 e. The number of Topliss-reactive ketones (excluding diaryl/α,β-unsaturated/α-hetero) is 1. The quantitative estimate of drug-likeness (QED) is 0.551. The van der Waals surface area contributed by atoms with Crippen molar-refractivity contribution in [2.45, 2.75) is 34.1 Å². The molecule has 0 aliphatic carbocycles. The third kappa shape index (κ3) is 2.34. The lowest BCUT2D eigenvalue weighted by Gasteiger charge is -2.10. The van der Waals surface area contributed by atoms with E-state index in [1.54, 1.807) is 6.92 Å². The number of carbonyl (C=O) groups excluding carboxylic acids is 1. The molecule has 0 N–H and O–H groups in total. The Labute approximate surface area is 63.1 Å². The molecule has 1 unspecified atom stereocenters. The van der Waals surface area contributed by atoms with Crippen molar-refractivity contribution >= 4 is 5.78 Å². The van der Waals surface area contributed by atoms with E-state index >= 15 is 0 Å². The fourth-order valence-electron chi connectivity index (χ4n) is 1.13. The van der Waals surface area contributed by atoms with Crippen molar-refractivity contribution in [2.24, 2.45) is 5.92 Å². The summed E-state index contributed by atoms with van der Waals surface area (Å²) in [4.78, 5) is 10.9. The van der Waals surface area contributed by atoms with Crippen LogP contribution in [0, 0.1) is 5.92 Å². The van der Waals surface area contributed by atoms with Gasteiger partial charge in [0, 0.05) is 5.92 Å². The minimum absolute atomic E-state index is 0.157. The molecule has 0 amide bonds. The number of carbonyl (C=O) groups is 1. The number of ketones is 1. The zero-order chi connectivity index (χ0) is 8.15. The van der Waals surface area contributed by atoms with Gasteiger partial charge in [0.05, 0.1) is 0 Å². The van der Waals surface area contributed by atoms with E-state index in [2.05, 4.69) is 0 Å². The molecule has 1 heteroatoms. The summed E-state index contributed by atoms with van der Waals surface area (Å²) < 4.78 is 0. The summed E-state index contributed by atoms with van der Waals surface area (Å²) in [6, 6.07) is 0. The normalized spacial score (nSPS) is 15.0. The van der Waals surface area contributed by atoms with Crippen LogP contribution in [0.1, 0.15) is 34.1 Å². The first-order valence-electron chi connectivity index (χ1n) is 3.76. The molecule has 0 aliphatic rings. The van der Waals surface area contributed by atoms with Crippen molar-refractivity contribution in [3.8, 4) is 0 Å². The molecule has 0 saturated heterocycles. The van der Waals surface area contributed by atoms with Crippen LogP contribution in [-0.2, 0) is 4.79 Å². The van der Waals surface area contributed by atoms with Gasteiger partial charge in [0.15, 0.2) is 0 Å². The summed E-state index contributed by atoms with van der Waals surface area (Å²) in [6.45, 7) is 7.68. The Morgan fingerprint density at radius 3 is 2.10 bits per heavy atom. The van der Waals surface area contributed by atoms with Crippen LogP contribution in [0.2, 0.25) is 0 Å². The van der Waals surface area contributed by atoms with Crippen LogP contribution in [0.15, 0.2) is 11.6 Å². The minimum Gasteiger partial charge on any atom is -0.299 e. The SMILES string of the molecule is C/C=C(\C)C(CC)C(C)=O. The molecule has 0 saturated carbocycles. The molecule has 1 atom stereocenters. The Bertz CT molecular complexity index is 145. The second-order valence-electron chi connectivity index (χ2n) is 2.60. The van der Waals surface area contributed by atoms with Crippen molar-refractivity contribution in [1.29, 1.82) is 0 Å². The molecular weight excluding hydrogens is 124 g/mol. The summed E-state index contributed by atoms with van der Waals surface area (Å²) in [5, 5.41) is 0. The summed E-state index contributed by atoms with van der Waals surface area (Å²) in [7, 11) is 0. The highest BCUT2D eigenvalue weighted by Crippen LogP contribution is 2.14.